The van der Waals surface area contributed by atoms with Crippen LogP contribution in [0.2, 0.25) is 0 Å². The summed E-state index contributed by atoms with van der Waals surface area (Å²) in [6.45, 7) is 3.85. The van der Waals surface area contributed by atoms with Crippen LogP contribution < -0.4 is 4.74 Å². The highest BCUT2D eigenvalue weighted by Crippen LogP contribution is 2.33. The van der Waals surface area contributed by atoms with Gasteiger partial charge in [0, 0.05) is 6.54 Å². The predicted molar refractivity (Wildman–Crippen MR) is 97.8 cm³/mol. The van der Waals surface area contributed by atoms with Crippen LogP contribution in [0.5, 0.6) is 5.75 Å². The molecule has 2 unspecified atom stereocenters. The van der Waals surface area contributed by atoms with Gasteiger partial charge in [-0.2, -0.15) is 0 Å². The van der Waals surface area contributed by atoms with E-state index in [0.29, 0.717) is 19.6 Å². The fourth-order valence-electron chi connectivity index (χ4n) is 3.61. The number of rotatable bonds is 6. The summed E-state index contributed by atoms with van der Waals surface area (Å²) in [5.74, 6) is -0.592. The second kappa shape index (κ2) is 8.32. The number of piperidine rings is 1. The average molecular weight is 357 g/mol. The Morgan fingerprint density at radius 3 is 2.38 bits per heavy atom. The Morgan fingerprint density at radius 1 is 1.19 bits per heavy atom. The molecule has 26 heavy (non-hydrogen) atoms. The van der Waals surface area contributed by atoms with E-state index in [1.54, 1.807) is 12.1 Å². The van der Waals surface area contributed by atoms with Crippen molar-refractivity contribution >= 4 is 5.97 Å². The van der Waals surface area contributed by atoms with Gasteiger partial charge < -0.3 is 9.84 Å². The molecule has 0 amide bonds. The van der Waals surface area contributed by atoms with Gasteiger partial charge in [-0.15, -0.1) is 0 Å². The molecule has 2 atom stereocenters. The Hall–Kier alpha value is -2.40. The van der Waals surface area contributed by atoms with E-state index in [1.165, 1.54) is 12.1 Å². The van der Waals surface area contributed by atoms with Crippen molar-refractivity contribution in [3.8, 4) is 5.75 Å². The molecule has 1 aliphatic rings. The number of carbonyl (C=O) groups is 1. The first-order valence-corrected chi connectivity index (χ1v) is 9.03. The molecule has 4 nitrogen and oxygen atoms in total. The molecule has 0 saturated carbocycles. The fraction of sp³-hybridized carbons (Fsp3) is 0.381. The average Bonchev–Trinajstić information content (AvgIpc) is 2.65. The van der Waals surface area contributed by atoms with Crippen LogP contribution in [0.4, 0.5) is 4.39 Å². The van der Waals surface area contributed by atoms with Gasteiger partial charge in [0.05, 0.1) is 18.6 Å². The second-order valence-corrected chi connectivity index (χ2v) is 6.63. The Morgan fingerprint density at radius 2 is 1.81 bits per heavy atom. The number of carboxylic acid groups (broad SMARTS) is 1. The van der Waals surface area contributed by atoms with E-state index in [-0.39, 0.29) is 17.8 Å². The molecule has 1 aliphatic heterocycles. The molecule has 0 spiro atoms. The fourth-order valence-corrected chi connectivity index (χ4v) is 3.61. The maximum absolute atomic E-state index is 13.4. The molecule has 1 N–H and O–H groups in total. The van der Waals surface area contributed by atoms with Crippen LogP contribution in [0.15, 0.2) is 48.5 Å². The minimum absolute atomic E-state index is 0.103. The molecule has 1 fully saturated rings. The van der Waals surface area contributed by atoms with E-state index < -0.39 is 5.97 Å². The summed E-state index contributed by atoms with van der Waals surface area (Å²) in [6, 6.07) is 14.2. The SMILES string of the molecule is CCOc1ccc(C(c2ccc(F)cc2)N2CCCC(C(=O)O)C2)cc1. The Balaban J connectivity index is 1.93. The van der Waals surface area contributed by atoms with Crippen molar-refractivity contribution in [3.63, 3.8) is 0 Å². The predicted octanol–water partition coefficient (Wildman–Crippen LogP) is 4.11. The summed E-state index contributed by atoms with van der Waals surface area (Å²) >= 11 is 0. The van der Waals surface area contributed by atoms with Crippen LogP contribution in [0.1, 0.15) is 36.9 Å². The molecule has 0 aromatic heterocycles. The number of hydrogen-bond donors (Lipinski definition) is 1. The number of aliphatic carboxylic acids is 1. The van der Waals surface area contributed by atoms with Gasteiger partial charge in [-0.1, -0.05) is 24.3 Å². The second-order valence-electron chi connectivity index (χ2n) is 6.63. The molecule has 0 aliphatic carbocycles. The first kappa shape index (κ1) is 18.4. The van der Waals surface area contributed by atoms with Crippen LogP contribution >= 0.6 is 0 Å². The number of carboxylic acids is 1. The van der Waals surface area contributed by atoms with Crippen molar-refractivity contribution in [2.45, 2.75) is 25.8 Å². The highest BCUT2D eigenvalue weighted by molar-refractivity contribution is 5.70. The zero-order valence-electron chi connectivity index (χ0n) is 14.9. The third kappa shape index (κ3) is 4.22. The molecule has 138 valence electrons. The lowest BCUT2D eigenvalue weighted by molar-refractivity contribution is -0.143. The molecular formula is C21H24FNO3. The van der Waals surface area contributed by atoms with Crippen molar-refractivity contribution in [2.24, 2.45) is 5.92 Å². The van der Waals surface area contributed by atoms with Crippen molar-refractivity contribution < 1.29 is 19.0 Å². The molecule has 5 heteroatoms. The van der Waals surface area contributed by atoms with Gasteiger partial charge in [-0.05, 0) is 61.7 Å². The summed E-state index contributed by atoms with van der Waals surface area (Å²) in [5, 5.41) is 9.42. The molecule has 1 saturated heterocycles. The van der Waals surface area contributed by atoms with E-state index in [9.17, 15) is 14.3 Å². The highest BCUT2D eigenvalue weighted by atomic mass is 19.1. The highest BCUT2D eigenvalue weighted by Gasteiger charge is 2.31. The van der Waals surface area contributed by atoms with Crippen LogP contribution in [0, 0.1) is 11.7 Å². The summed E-state index contributed by atoms with van der Waals surface area (Å²) in [5.41, 5.74) is 2.01. The first-order chi connectivity index (χ1) is 12.6. The largest absolute Gasteiger partial charge is 0.494 e. The van der Waals surface area contributed by atoms with E-state index in [4.69, 9.17) is 4.74 Å². The molecule has 0 radical (unpaired) electrons. The number of ether oxygens (including phenoxy) is 1. The van der Waals surface area contributed by atoms with Crippen molar-refractivity contribution in [2.75, 3.05) is 19.7 Å². The van der Waals surface area contributed by atoms with E-state index in [1.807, 2.05) is 31.2 Å². The summed E-state index contributed by atoms with van der Waals surface area (Å²) in [6.07, 6.45) is 1.54. The zero-order valence-corrected chi connectivity index (χ0v) is 14.9. The molecule has 0 bridgehead atoms. The summed E-state index contributed by atoms with van der Waals surface area (Å²) in [4.78, 5) is 13.6. The van der Waals surface area contributed by atoms with Gasteiger partial charge in [0.15, 0.2) is 0 Å². The van der Waals surface area contributed by atoms with Crippen LogP contribution in [-0.4, -0.2) is 35.7 Å². The van der Waals surface area contributed by atoms with Gasteiger partial charge in [-0.25, -0.2) is 4.39 Å². The standard InChI is InChI=1S/C21H24FNO3/c1-2-26-19-11-7-16(8-12-19)20(15-5-9-18(22)10-6-15)23-13-3-4-17(14-23)21(24)25/h5-12,17,20H,2-4,13-14H2,1H3,(H,24,25). The molecule has 2 aromatic rings. The molecule has 1 heterocycles. The molecule has 2 aromatic carbocycles. The molecule has 3 rings (SSSR count). The first-order valence-electron chi connectivity index (χ1n) is 9.03. The number of hydrogen-bond acceptors (Lipinski definition) is 3. The van der Waals surface area contributed by atoms with Gasteiger partial charge >= 0.3 is 5.97 Å². The third-order valence-electron chi connectivity index (χ3n) is 4.86. The van der Waals surface area contributed by atoms with E-state index >= 15 is 0 Å². The quantitative estimate of drug-likeness (QED) is 0.845. The van der Waals surface area contributed by atoms with Crippen LogP contribution in [0.25, 0.3) is 0 Å². The monoisotopic (exact) mass is 357 g/mol. The zero-order chi connectivity index (χ0) is 18.5. The minimum Gasteiger partial charge on any atom is -0.494 e. The van der Waals surface area contributed by atoms with Crippen LogP contribution in [-0.2, 0) is 4.79 Å². The van der Waals surface area contributed by atoms with Crippen molar-refractivity contribution in [1.29, 1.82) is 0 Å². The number of likely N-dealkylation sites (tertiary alicyclic amines) is 1. The van der Waals surface area contributed by atoms with Gasteiger partial charge in [0.25, 0.3) is 0 Å². The lowest BCUT2D eigenvalue weighted by Gasteiger charge is -2.37. The van der Waals surface area contributed by atoms with E-state index in [2.05, 4.69) is 4.90 Å². The number of nitrogens with zero attached hydrogens (tertiary/aromatic N) is 1. The Bertz CT molecular complexity index is 730. The summed E-state index contributed by atoms with van der Waals surface area (Å²) < 4.78 is 18.9. The third-order valence-corrected chi connectivity index (χ3v) is 4.86. The maximum Gasteiger partial charge on any atom is 0.307 e. The normalized spacial score (nSPS) is 19.1. The lowest BCUT2D eigenvalue weighted by Crippen LogP contribution is -2.41. The Labute approximate surface area is 153 Å². The van der Waals surface area contributed by atoms with Gasteiger partial charge in [-0.3, -0.25) is 9.69 Å². The Kier molecular flexibility index (Phi) is 5.89. The van der Waals surface area contributed by atoms with Crippen molar-refractivity contribution in [1.82, 2.24) is 4.90 Å². The number of halogens is 1. The number of benzene rings is 2. The van der Waals surface area contributed by atoms with Crippen LogP contribution in [0.3, 0.4) is 0 Å². The topological polar surface area (TPSA) is 49.8 Å². The lowest BCUT2D eigenvalue weighted by atomic mass is 9.91. The minimum atomic E-state index is -0.751. The smallest absolute Gasteiger partial charge is 0.307 e. The van der Waals surface area contributed by atoms with E-state index in [0.717, 1.165) is 29.8 Å². The molecular weight excluding hydrogens is 333 g/mol. The summed E-state index contributed by atoms with van der Waals surface area (Å²) in [7, 11) is 0. The van der Waals surface area contributed by atoms with Gasteiger partial charge in [0.1, 0.15) is 11.6 Å². The van der Waals surface area contributed by atoms with Gasteiger partial charge in [0.2, 0.25) is 0 Å². The maximum atomic E-state index is 13.4. The van der Waals surface area contributed by atoms with Crippen molar-refractivity contribution in [3.05, 3.63) is 65.5 Å².